The summed E-state index contributed by atoms with van der Waals surface area (Å²) in [6, 6.07) is 7.86. The Labute approximate surface area is 138 Å². The predicted molar refractivity (Wildman–Crippen MR) is 89.1 cm³/mol. The van der Waals surface area contributed by atoms with Crippen molar-refractivity contribution in [1.82, 2.24) is 10.2 Å². The van der Waals surface area contributed by atoms with Crippen molar-refractivity contribution in [3.05, 3.63) is 34.5 Å². The largest absolute Gasteiger partial charge is 0.451 e. The Morgan fingerprint density at radius 1 is 1.48 bits per heavy atom. The molecule has 1 fully saturated rings. The van der Waals surface area contributed by atoms with Gasteiger partial charge in [-0.2, -0.15) is 0 Å². The van der Waals surface area contributed by atoms with E-state index in [-0.39, 0.29) is 24.4 Å². The molecule has 1 aliphatic rings. The highest BCUT2D eigenvalue weighted by Crippen LogP contribution is 2.26. The van der Waals surface area contributed by atoms with E-state index in [0.717, 1.165) is 41.4 Å². The Bertz CT molecular complexity index is 644. The molecule has 0 radical (unpaired) electrons. The molecular formula is C15H18BrClN2O2. The summed E-state index contributed by atoms with van der Waals surface area (Å²) in [5, 5.41) is 4.10. The number of benzene rings is 1. The van der Waals surface area contributed by atoms with Gasteiger partial charge in [0, 0.05) is 29.0 Å². The summed E-state index contributed by atoms with van der Waals surface area (Å²) in [6.07, 6.45) is 2.11. The van der Waals surface area contributed by atoms with Crippen LogP contribution >= 0.6 is 28.3 Å². The first-order chi connectivity index (χ1) is 9.69. The average molecular weight is 374 g/mol. The Morgan fingerprint density at radius 2 is 2.29 bits per heavy atom. The van der Waals surface area contributed by atoms with E-state index >= 15 is 0 Å². The van der Waals surface area contributed by atoms with Gasteiger partial charge in [-0.3, -0.25) is 4.79 Å². The minimum absolute atomic E-state index is 0. The molecule has 1 aliphatic heterocycles. The number of carbonyl (C=O) groups is 1. The molecule has 1 unspecified atom stereocenters. The number of hydrogen-bond donors (Lipinski definition) is 1. The lowest BCUT2D eigenvalue weighted by molar-refractivity contribution is 0.0707. The maximum absolute atomic E-state index is 12.6. The van der Waals surface area contributed by atoms with Gasteiger partial charge in [-0.05, 0) is 44.2 Å². The number of likely N-dealkylation sites (tertiary alicyclic amines) is 1. The number of nitrogens with zero attached hydrogens (tertiary/aromatic N) is 1. The number of amides is 1. The standard InChI is InChI=1S/C15H17BrN2O2.ClH/c1-17-9-12-3-2-6-18(12)15(19)14-8-10-7-11(16)4-5-13(10)20-14;/h4-5,7-8,12,17H,2-3,6,9H2,1H3;1H. The van der Waals surface area contributed by atoms with Crippen LogP contribution in [0.1, 0.15) is 23.4 Å². The van der Waals surface area contributed by atoms with Crippen LogP contribution < -0.4 is 5.32 Å². The number of rotatable bonds is 3. The molecule has 1 saturated heterocycles. The van der Waals surface area contributed by atoms with Gasteiger partial charge in [0.2, 0.25) is 0 Å². The zero-order chi connectivity index (χ0) is 14.1. The lowest BCUT2D eigenvalue weighted by Crippen LogP contribution is -2.40. The molecule has 21 heavy (non-hydrogen) atoms. The maximum atomic E-state index is 12.6. The fourth-order valence-electron chi connectivity index (χ4n) is 2.81. The van der Waals surface area contributed by atoms with Gasteiger partial charge in [0.1, 0.15) is 5.58 Å². The molecule has 2 aromatic rings. The number of carbonyl (C=O) groups excluding carboxylic acids is 1. The quantitative estimate of drug-likeness (QED) is 0.896. The van der Waals surface area contributed by atoms with Gasteiger partial charge in [-0.25, -0.2) is 0 Å². The van der Waals surface area contributed by atoms with Crippen molar-refractivity contribution in [2.75, 3.05) is 20.1 Å². The fourth-order valence-corrected chi connectivity index (χ4v) is 3.19. The molecule has 2 heterocycles. The first kappa shape index (κ1) is 16.3. The van der Waals surface area contributed by atoms with Crippen LogP contribution in [-0.4, -0.2) is 37.0 Å². The molecular weight excluding hydrogens is 356 g/mol. The van der Waals surface area contributed by atoms with E-state index < -0.39 is 0 Å². The van der Waals surface area contributed by atoms with Crippen LogP contribution in [0.15, 0.2) is 33.2 Å². The number of fused-ring (bicyclic) bond motifs is 1. The second kappa shape index (κ2) is 6.81. The van der Waals surface area contributed by atoms with Crippen LogP contribution in [0.5, 0.6) is 0 Å². The first-order valence-corrected chi connectivity index (χ1v) is 7.63. The van der Waals surface area contributed by atoms with E-state index in [1.807, 2.05) is 36.2 Å². The van der Waals surface area contributed by atoms with E-state index in [0.29, 0.717) is 5.76 Å². The topological polar surface area (TPSA) is 45.5 Å². The number of halogens is 2. The normalized spacial score (nSPS) is 18.0. The molecule has 1 aromatic carbocycles. The summed E-state index contributed by atoms with van der Waals surface area (Å²) in [6.45, 7) is 1.64. The highest BCUT2D eigenvalue weighted by molar-refractivity contribution is 9.10. The van der Waals surface area contributed by atoms with Gasteiger partial charge in [0.15, 0.2) is 5.76 Å². The average Bonchev–Trinajstić information content (AvgIpc) is 3.04. The summed E-state index contributed by atoms with van der Waals surface area (Å²) in [5.41, 5.74) is 0.751. The Kier molecular flexibility index (Phi) is 5.30. The van der Waals surface area contributed by atoms with Crippen molar-refractivity contribution in [3.8, 4) is 0 Å². The molecule has 0 spiro atoms. The molecule has 4 nitrogen and oxygen atoms in total. The van der Waals surface area contributed by atoms with Gasteiger partial charge in [-0.1, -0.05) is 15.9 Å². The third-order valence-electron chi connectivity index (χ3n) is 3.77. The van der Waals surface area contributed by atoms with Gasteiger partial charge < -0.3 is 14.6 Å². The lowest BCUT2D eigenvalue weighted by Gasteiger charge is -2.23. The molecule has 0 saturated carbocycles. The van der Waals surface area contributed by atoms with E-state index in [4.69, 9.17) is 4.42 Å². The molecule has 1 aromatic heterocycles. The van der Waals surface area contributed by atoms with Crippen LogP contribution in [0.25, 0.3) is 11.0 Å². The minimum Gasteiger partial charge on any atom is -0.451 e. The maximum Gasteiger partial charge on any atom is 0.289 e. The van der Waals surface area contributed by atoms with E-state index in [1.165, 1.54) is 0 Å². The number of hydrogen-bond acceptors (Lipinski definition) is 3. The van der Waals surface area contributed by atoms with Gasteiger partial charge >= 0.3 is 0 Å². The lowest BCUT2D eigenvalue weighted by atomic mass is 10.2. The van der Waals surface area contributed by atoms with E-state index in [1.54, 1.807) is 0 Å². The van der Waals surface area contributed by atoms with Crippen LogP contribution in [0.2, 0.25) is 0 Å². The van der Waals surface area contributed by atoms with Crippen molar-refractivity contribution in [2.45, 2.75) is 18.9 Å². The molecule has 3 rings (SSSR count). The van der Waals surface area contributed by atoms with Gasteiger partial charge in [0.05, 0.1) is 0 Å². The summed E-state index contributed by atoms with van der Waals surface area (Å²) in [4.78, 5) is 14.5. The number of likely N-dealkylation sites (N-methyl/N-ethyl adjacent to an activating group) is 1. The monoisotopic (exact) mass is 372 g/mol. The molecule has 1 amide bonds. The third-order valence-corrected chi connectivity index (χ3v) is 4.26. The van der Waals surface area contributed by atoms with Gasteiger partial charge in [-0.15, -0.1) is 12.4 Å². The third kappa shape index (κ3) is 3.25. The first-order valence-electron chi connectivity index (χ1n) is 6.83. The van der Waals surface area contributed by atoms with Crippen molar-refractivity contribution in [2.24, 2.45) is 0 Å². The number of nitrogens with one attached hydrogen (secondary N) is 1. The highest BCUT2D eigenvalue weighted by Gasteiger charge is 2.30. The highest BCUT2D eigenvalue weighted by atomic mass is 79.9. The predicted octanol–water partition coefficient (Wildman–Crippen LogP) is 3.44. The van der Waals surface area contributed by atoms with Crippen LogP contribution in [0.3, 0.4) is 0 Å². The summed E-state index contributed by atoms with van der Waals surface area (Å²) in [5.74, 6) is 0.427. The number of furan rings is 1. The Hall–Kier alpha value is -1.04. The fraction of sp³-hybridized carbons (Fsp3) is 0.400. The smallest absolute Gasteiger partial charge is 0.289 e. The van der Waals surface area contributed by atoms with Crippen LogP contribution in [0.4, 0.5) is 0 Å². The van der Waals surface area contributed by atoms with Crippen molar-refractivity contribution >= 4 is 45.2 Å². The molecule has 1 N–H and O–H groups in total. The SMILES string of the molecule is CNCC1CCCN1C(=O)c1cc2cc(Br)ccc2o1.Cl. The van der Waals surface area contributed by atoms with E-state index in [9.17, 15) is 4.79 Å². The van der Waals surface area contributed by atoms with Crippen LogP contribution in [0, 0.1) is 0 Å². The molecule has 1 atom stereocenters. The van der Waals surface area contributed by atoms with Crippen LogP contribution in [-0.2, 0) is 0 Å². The Balaban J connectivity index is 0.00000161. The van der Waals surface area contributed by atoms with Crippen molar-refractivity contribution in [3.63, 3.8) is 0 Å². The second-order valence-corrected chi connectivity index (χ2v) is 6.06. The molecule has 114 valence electrons. The van der Waals surface area contributed by atoms with Gasteiger partial charge in [0.25, 0.3) is 5.91 Å². The molecule has 0 bridgehead atoms. The summed E-state index contributed by atoms with van der Waals surface area (Å²) in [7, 11) is 1.92. The molecule has 0 aliphatic carbocycles. The second-order valence-electron chi connectivity index (χ2n) is 5.15. The molecule has 6 heteroatoms. The van der Waals surface area contributed by atoms with Crippen molar-refractivity contribution in [1.29, 1.82) is 0 Å². The summed E-state index contributed by atoms with van der Waals surface area (Å²) < 4.78 is 6.68. The Morgan fingerprint density at radius 3 is 3.05 bits per heavy atom. The van der Waals surface area contributed by atoms with E-state index in [2.05, 4.69) is 21.2 Å². The zero-order valence-electron chi connectivity index (χ0n) is 11.8. The minimum atomic E-state index is -0.00456. The zero-order valence-corrected chi connectivity index (χ0v) is 14.2. The van der Waals surface area contributed by atoms with Crippen molar-refractivity contribution < 1.29 is 9.21 Å². The summed E-state index contributed by atoms with van der Waals surface area (Å²) >= 11 is 3.43.